The summed E-state index contributed by atoms with van der Waals surface area (Å²) < 4.78 is 51.9. The van der Waals surface area contributed by atoms with Crippen molar-refractivity contribution in [3.05, 3.63) is 225 Å². The van der Waals surface area contributed by atoms with Crippen LogP contribution in [0.5, 0.6) is 17.2 Å². The number of benzene rings is 6. The average Bonchev–Trinajstić information content (AvgIpc) is 1.51. The summed E-state index contributed by atoms with van der Waals surface area (Å²) in [5.41, 5.74) is 10.5. The van der Waals surface area contributed by atoms with Crippen LogP contribution in [-0.4, -0.2) is 141 Å². The molecule has 0 amide bonds. The van der Waals surface area contributed by atoms with Crippen LogP contribution in [0.3, 0.4) is 0 Å². The van der Waals surface area contributed by atoms with Crippen molar-refractivity contribution in [2.45, 2.75) is 203 Å². The van der Waals surface area contributed by atoms with Gasteiger partial charge in [-0.1, -0.05) is 111 Å². The van der Waals surface area contributed by atoms with Gasteiger partial charge in [0.05, 0.1) is 64.0 Å². The summed E-state index contributed by atoms with van der Waals surface area (Å²) in [6.07, 6.45) is 22.5. The molecule has 1 unspecified atom stereocenters. The van der Waals surface area contributed by atoms with E-state index in [1.807, 2.05) is 36.4 Å². The summed E-state index contributed by atoms with van der Waals surface area (Å²) >= 11 is 24.9. The topological polar surface area (TPSA) is 263 Å². The minimum atomic E-state index is -2.51. The number of carbonyl (C=O) groups is 6. The number of rotatable bonds is 22. The lowest BCUT2D eigenvalue weighted by atomic mass is 9.68. The largest absolute Gasteiger partial charge is 0.490 e. The fourth-order valence-corrected chi connectivity index (χ4v) is 25.6. The Bertz CT molecular complexity index is 5140. The lowest BCUT2D eigenvalue weighted by Gasteiger charge is -2.45. The molecular formula is C98H121Cl4N5O15SSi. The molecular weight excluding hydrogens is 1690 g/mol. The number of carbonyl (C=O) groups excluding carboxylic acids is 5. The number of hydrogen-bond donors (Lipinski definition) is 3. The number of aromatic carboxylic acids is 1. The zero-order chi connectivity index (χ0) is 89.4. The summed E-state index contributed by atoms with van der Waals surface area (Å²) in [5, 5.41) is 27.6. The Morgan fingerprint density at radius 1 is 0.565 bits per heavy atom. The number of anilines is 3. The van der Waals surface area contributed by atoms with Crippen LogP contribution in [0.1, 0.15) is 196 Å². The number of esters is 4. The van der Waals surface area contributed by atoms with Crippen LogP contribution in [0, 0.1) is 35.5 Å². The molecule has 0 radical (unpaired) electrons. The molecule has 20 nitrogen and oxygen atoms in total. The minimum Gasteiger partial charge on any atom is -0.490 e. The zero-order valence-electron chi connectivity index (χ0n) is 72.8. The van der Waals surface area contributed by atoms with Crippen LogP contribution in [0.4, 0.5) is 17.1 Å². The molecule has 26 heteroatoms. The third-order valence-electron chi connectivity index (χ3n) is 27.5. The predicted molar refractivity (Wildman–Crippen MR) is 496 cm³/mol. The van der Waals surface area contributed by atoms with Gasteiger partial charge in [0, 0.05) is 115 Å². The van der Waals surface area contributed by atoms with Gasteiger partial charge < -0.3 is 53.3 Å². The number of nitrogens with zero attached hydrogens (tertiary/aromatic N) is 4. The number of allylic oxidation sites excluding steroid dienone is 1. The standard InChI is InChI=1S/C31H34ClNO6.C29H31Cl2NO4.C27H30ClNO4.C11H26N2OSSi/c1-4-28(38-19(2)34)25-10-7-23(25)16-33-17-31(13-5-6-21-14-24(32)9-11-26(21)31)18-37-29-12-8-22(15-27(29)33)30(36)39-20(3)35;1-3-26(36-18(2)33)23-9-6-21(23)15-32-16-29(12-4-5-19-13-22(30)8-10-24(19)29)17-35-27-11-7-20(28(31)34)14-25(27)32;1-2-24(30)21-8-5-19(21)14-29-15-27(11-3-4-17-12-20(28)7-9-22(17)27)16-33-25-10-6-18(26(31)32)13-23(25)29;1-7-8-9-10-15(12,14)13-16(5,6)11(2,3)4/h4,8-9,11-12,14-15,23,25,28H,1,5-7,10,13,16-18H2,2-3H3;3,7-8,10-11,13-14,21,23,26H,1,4-6,9,12,15-17H2,2H3;2,6-7,9-10,12-13,19,21,24,30H,1,3-5,8,11,14-16H2,(H,31,32);7H,1,8-10H2,2-6H3,(H2,12,13,14)/t23-,25+,28-,31-;21-,23+,26-,29-;19-,21+,24-,27-;/m000./s1. The molecule has 3 aliphatic heterocycles. The van der Waals surface area contributed by atoms with Gasteiger partial charge in [-0.3, -0.25) is 23.2 Å². The van der Waals surface area contributed by atoms with Gasteiger partial charge in [0.1, 0.15) is 29.5 Å². The molecule has 13 atom stereocenters. The van der Waals surface area contributed by atoms with Crippen LogP contribution in [-0.2, 0) is 74.0 Å². The van der Waals surface area contributed by atoms with E-state index in [2.05, 4.69) is 115 Å². The maximum Gasteiger partial charge on any atom is 0.345 e. The van der Waals surface area contributed by atoms with E-state index in [9.17, 15) is 43.2 Å². The smallest absolute Gasteiger partial charge is 0.345 e. The minimum absolute atomic E-state index is 0.0907. The Kier molecular flexibility index (Phi) is 30.7. The van der Waals surface area contributed by atoms with Crippen LogP contribution in [0.15, 0.2) is 164 Å². The molecule has 6 aromatic rings. The summed E-state index contributed by atoms with van der Waals surface area (Å²) in [6, 6.07) is 34.3. The Morgan fingerprint density at radius 2 is 0.944 bits per heavy atom. The monoisotopic (exact) mass is 1810 g/mol. The maximum absolute atomic E-state index is 12.6. The lowest BCUT2D eigenvalue weighted by molar-refractivity contribution is -0.150. The number of ether oxygens (including phenoxy) is 6. The molecule has 9 aliphatic rings. The summed E-state index contributed by atoms with van der Waals surface area (Å²) in [7, 11) is -4.41. The van der Waals surface area contributed by atoms with Crippen molar-refractivity contribution in [1.29, 1.82) is 0 Å². The van der Waals surface area contributed by atoms with E-state index in [1.54, 1.807) is 60.7 Å². The molecule has 4 N–H and O–H groups in total. The van der Waals surface area contributed by atoms with Crippen LogP contribution in [0.2, 0.25) is 33.2 Å². The maximum atomic E-state index is 12.6. The molecule has 0 saturated heterocycles. The molecule has 6 aromatic carbocycles. The first kappa shape index (κ1) is 94.7. The fourth-order valence-electron chi connectivity index (χ4n) is 19.7. The second-order valence-electron chi connectivity index (χ2n) is 36.9. The number of hydrogen-bond acceptors (Lipinski definition) is 18. The van der Waals surface area contributed by atoms with Crippen molar-refractivity contribution in [1.82, 2.24) is 0 Å². The molecule has 3 spiro atoms. The SMILES string of the molecule is C=CCCCS(N)(=O)=N[Si](C)(C)C(C)(C)C.C=C[C@H](O)[C@@H]1CC[C@H]1CN1C[C@@]2(CCCc3cc(Cl)ccc32)COc2ccc(C(=O)O)cc21.C=C[C@H](OC(C)=O)[C@@H]1CC[C@H]1CN1C[C@@]2(CCCc3cc(Cl)ccc32)COc2ccc(C(=O)Cl)cc21.C=C[C@H](OC(C)=O)[C@@H]1CC[C@H]1CN1C[C@@]2(CCCc3cc(Cl)ccc32)COc2ccc(C(=O)OC(C)=O)cc21. The first-order valence-corrected chi connectivity index (χ1v) is 49.7. The van der Waals surface area contributed by atoms with Crippen molar-refractivity contribution in [2.24, 2.45) is 44.7 Å². The van der Waals surface area contributed by atoms with E-state index in [4.69, 9.17) is 80.0 Å². The summed E-state index contributed by atoms with van der Waals surface area (Å²) in [5.74, 6) is 1.21. The third kappa shape index (κ3) is 22.0. The highest BCUT2D eigenvalue weighted by molar-refractivity contribution is 7.92. The first-order chi connectivity index (χ1) is 58.9. The molecule has 3 heterocycles. The number of carboxylic acid groups (broad SMARTS) is 1. The Morgan fingerprint density at radius 3 is 1.28 bits per heavy atom. The van der Waals surface area contributed by atoms with Crippen LogP contribution in [0.25, 0.3) is 0 Å². The predicted octanol–water partition coefficient (Wildman–Crippen LogP) is 20.4. The second-order valence-corrected chi connectivity index (χ2v) is 45.7. The van der Waals surface area contributed by atoms with Crippen LogP contribution >= 0.6 is 46.4 Å². The van der Waals surface area contributed by atoms with E-state index >= 15 is 0 Å². The average molecular weight is 1810 g/mol. The molecule has 666 valence electrons. The first-order valence-electron chi connectivity index (χ1n) is 43.5. The number of aliphatic hydroxyl groups excluding tert-OH is 1. The highest BCUT2D eigenvalue weighted by Gasteiger charge is 2.50. The number of fused-ring (bicyclic) bond motifs is 9. The van der Waals surface area contributed by atoms with Gasteiger partial charge in [-0.05, 0) is 287 Å². The summed E-state index contributed by atoms with van der Waals surface area (Å²) in [4.78, 5) is 78.2. The van der Waals surface area contributed by atoms with E-state index in [0.29, 0.717) is 67.4 Å². The number of aliphatic hydroxyl groups is 1. The van der Waals surface area contributed by atoms with Gasteiger partial charge in [0.15, 0.2) is 8.24 Å². The zero-order valence-corrected chi connectivity index (χ0v) is 77.6. The molecule has 3 fully saturated rings. The highest BCUT2D eigenvalue weighted by atomic mass is 35.5. The number of aryl methyl sites for hydroxylation is 3. The van der Waals surface area contributed by atoms with Crippen molar-refractivity contribution in [3.63, 3.8) is 0 Å². The third-order valence-corrected chi connectivity index (χ3v) is 36.0. The Hall–Kier alpha value is -8.45. The number of halogens is 4. The summed E-state index contributed by atoms with van der Waals surface area (Å²) in [6.45, 7) is 35.9. The Labute approximate surface area is 752 Å². The number of unbranched alkanes of at least 4 members (excludes halogenated alkanes) is 1. The van der Waals surface area contributed by atoms with Gasteiger partial charge >= 0.3 is 29.8 Å². The molecule has 124 heavy (non-hydrogen) atoms. The molecule has 0 aromatic heterocycles. The normalized spacial score (nSPS) is 24.3. The van der Waals surface area contributed by atoms with E-state index < -0.39 is 47.4 Å². The molecule has 0 bridgehead atoms. The van der Waals surface area contributed by atoms with Crippen LogP contribution < -0.4 is 34.0 Å². The van der Waals surface area contributed by atoms with Gasteiger partial charge in [-0.15, -0.1) is 13.2 Å². The van der Waals surface area contributed by atoms with Gasteiger partial charge in [-0.25, -0.2) is 18.9 Å². The van der Waals surface area contributed by atoms with Gasteiger partial charge in [0.2, 0.25) is 0 Å². The number of nitrogens with two attached hydrogens (primary N) is 1. The van der Waals surface area contributed by atoms with Crippen molar-refractivity contribution >= 4 is 117 Å². The molecule has 15 rings (SSSR count). The van der Waals surface area contributed by atoms with Crippen molar-refractivity contribution < 1.29 is 71.6 Å². The lowest BCUT2D eigenvalue weighted by Crippen LogP contribution is -2.49. The quantitative estimate of drug-likeness (QED) is 0.0108. The number of carboxylic acids is 1. The molecule has 6 aliphatic carbocycles. The van der Waals surface area contributed by atoms with E-state index in [0.717, 1.165) is 179 Å². The Balaban J connectivity index is 0.000000156. The highest BCUT2D eigenvalue weighted by Crippen LogP contribution is 2.52. The van der Waals surface area contributed by atoms with E-state index in [-0.39, 0.29) is 74.7 Å². The van der Waals surface area contributed by atoms with Crippen molar-refractivity contribution in [3.8, 4) is 17.2 Å². The fraction of sp³-hybridized carbons (Fsp3) is 0.490. The van der Waals surface area contributed by atoms with Gasteiger partial charge in [0.25, 0.3) is 5.24 Å². The van der Waals surface area contributed by atoms with Crippen molar-refractivity contribution in [2.75, 3.05) is 79.5 Å². The second kappa shape index (κ2) is 40.3. The van der Waals surface area contributed by atoms with E-state index in [1.165, 1.54) is 54.2 Å². The van der Waals surface area contributed by atoms with Gasteiger partial charge in [-0.2, -0.15) is 0 Å². The molecule has 3 saturated carbocycles.